The van der Waals surface area contributed by atoms with E-state index >= 15 is 0 Å². The SMILES string of the molecule is CCCC(=O)C1=C(O)C(C(=O)OC)C(C)(C)CC1=NCCc1ccccc1. The van der Waals surface area contributed by atoms with Crippen LogP contribution in [0.2, 0.25) is 0 Å². The normalized spacial score (nSPS) is 20.6. The third kappa shape index (κ3) is 4.85. The van der Waals surface area contributed by atoms with Gasteiger partial charge in [-0.25, -0.2) is 0 Å². The highest BCUT2D eigenvalue weighted by atomic mass is 16.5. The van der Waals surface area contributed by atoms with Crippen LogP contribution in [0.3, 0.4) is 0 Å². The maximum Gasteiger partial charge on any atom is 0.316 e. The second-order valence-electron chi connectivity index (χ2n) is 7.62. The van der Waals surface area contributed by atoms with Crippen LogP contribution in [0.1, 0.15) is 45.6 Å². The Kier molecular flexibility index (Phi) is 6.94. The number of aliphatic hydroxyl groups is 1. The van der Waals surface area contributed by atoms with Gasteiger partial charge in [-0.2, -0.15) is 0 Å². The maximum atomic E-state index is 12.7. The summed E-state index contributed by atoms with van der Waals surface area (Å²) in [5.41, 5.74) is 1.38. The second-order valence-corrected chi connectivity index (χ2v) is 7.62. The Morgan fingerprint density at radius 2 is 1.93 bits per heavy atom. The van der Waals surface area contributed by atoms with Gasteiger partial charge >= 0.3 is 5.97 Å². The second kappa shape index (κ2) is 8.98. The minimum absolute atomic E-state index is 0.169. The van der Waals surface area contributed by atoms with Crippen LogP contribution in [-0.4, -0.2) is 36.2 Å². The van der Waals surface area contributed by atoms with Gasteiger partial charge in [0.25, 0.3) is 0 Å². The van der Waals surface area contributed by atoms with Gasteiger partial charge in [0.15, 0.2) is 5.78 Å². The molecule has 1 unspecified atom stereocenters. The average molecular weight is 371 g/mol. The number of allylic oxidation sites excluding steroid dienone is 1. The van der Waals surface area contributed by atoms with Crippen LogP contribution in [0.25, 0.3) is 0 Å². The molecule has 1 aromatic carbocycles. The highest BCUT2D eigenvalue weighted by molar-refractivity contribution is 6.24. The zero-order valence-electron chi connectivity index (χ0n) is 16.6. The molecule has 1 aromatic rings. The Morgan fingerprint density at radius 3 is 2.52 bits per heavy atom. The number of ketones is 1. The quantitative estimate of drug-likeness (QED) is 0.733. The first-order valence-corrected chi connectivity index (χ1v) is 9.43. The summed E-state index contributed by atoms with van der Waals surface area (Å²) in [4.78, 5) is 29.6. The van der Waals surface area contributed by atoms with Gasteiger partial charge in [-0.15, -0.1) is 0 Å². The molecule has 0 saturated carbocycles. The standard InChI is InChI=1S/C22H29NO4/c1-5-9-17(24)18-16(23-13-12-15-10-7-6-8-11-15)14-22(2,3)19(20(18)25)21(26)27-4/h6-8,10-11,19,25H,5,9,12-14H2,1-4H3. The fraction of sp³-hybridized carbons (Fsp3) is 0.500. The van der Waals surface area contributed by atoms with Gasteiger partial charge < -0.3 is 9.84 Å². The van der Waals surface area contributed by atoms with Gasteiger partial charge in [0.2, 0.25) is 0 Å². The van der Waals surface area contributed by atoms with E-state index in [-0.39, 0.29) is 17.1 Å². The van der Waals surface area contributed by atoms with Crippen molar-refractivity contribution < 1.29 is 19.4 Å². The van der Waals surface area contributed by atoms with Crippen LogP contribution < -0.4 is 0 Å². The lowest BCUT2D eigenvalue weighted by molar-refractivity contribution is -0.149. The van der Waals surface area contributed by atoms with E-state index in [0.717, 1.165) is 6.42 Å². The zero-order chi connectivity index (χ0) is 20.0. The van der Waals surface area contributed by atoms with Gasteiger partial charge in [0.05, 0.1) is 12.7 Å². The van der Waals surface area contributed by atoms with Crippen LogP contribution in [0, 0.1) is 11.3 Å². The number of carbonyl (C=O) groups excluding carboxylic acids is 2. The van der Waals surface area contributed by atoms with Crippen LogP contribution in [0.15, 0.2) is 46.7 Å². The molecule has 0 fully saturated rings. The molecule has 27 heavy (non-hydrogen) atoms. The van der Waals surface area contributed by atoms with Gasteiger partial charge in [-0.3, -0.25) is 14.6 Å². The van der Waals surface area contributed by atoms with Crippen molar-refractivity contribution >= 4 is 17.5 Å². The molecular weight excluding hydrogens is 342 g/mol. The summed E-state index contributed by atoms with van der Waals surface area (Å²) in [6.07, 6.45) is 2.17. The number of methoxy groups -OCH3 is 1. The van der Waals surface area contributed by atoms with E-state index in [2.05, 4.69) is 4.99 Å². The molecule has 0 saturated heterocycles. The number of aliphatic imine (C=N–C) groups is 1. The first kappa shape index (κ1) is 20.9. The van der Waals surface area contributed by atoms with E-state index in [1.165, 1.54) is 12.7 Å². The lowest BCUT2D eigenvalue weighted by Crippen LogP contribution is -2.42. The molecule has 1 aliphatic rings. The lowest BCUT2D eigenvalue weighted by Gasteiger charge is -2.37. The van der Waals surface area contributed by atoms with Crippen LogP contribution in [0.4, 0.5) is 0 Å². The van der Waals surface area contributed by atoms with Crippen molar-refractivity contribution in [3.05, 3.63) is 47.2 Å². The van der Waals surface area contributed by atoms with Crippen LogP contribution in [0.5, 0.6) is 0 Å². The Labute approximate surface area is 161 Å². The third-order valence-electron chi connectivity index (χ3n) is 4.96. The van der Waals surface area contributed by atoms with Gasteiger partial charge in [-0.05, 0) is 30.2 Å². The third-order valence-corrected chi connectivity index (χ3v) is 4.96. The number of hydrogen-bond acceptors (Lipinski definition) is 5. The molecule has 0 aliphatic heterocycles. The van der Waals surface area contributed by atoms with E-state index in [0.29, 0.717) is 31.5 Å². The zero-order valence-corrected chi connectivity index (χ0v) is 16.6. The number of esters is 1. The summed E-state index contributed by atoms with van der Waals surface area (Å²) >= 11 is 0. The summed E-state index contributed by atoms with van der Waals surface area (Å²) in [5.74, 6) is -1.75. The summed E-state index contributed by atoms with van der Waals surface area (Å²) in [6.45, 7) is 6.21. The minimum atomic E-state index is -0.855. The Hall–Kier alpha value is -2.43. The highest BCUT2D eigenvalue weighted by Crippen LogP contribution is 2.43. The number of ether oxygens (including phenoxy) is 1. The average Bonchev–Trinajstić information content (AvgIpc) is 2.61. The highest BCUT2D eigenvalue weighted by Gasteiger charge is 2.47. The number of carbonyl (C=O) groups is 2. The van der Waals surface area contributed by atoms with Crippen molar-refractivity contribution in [1.82, 2.24) is 0 Å². The predicted molar refractivity (Wildman–Crippen MR) is 106 cm³/mol. The molecule has 1 atom stereocenters. The Bertz CT molecular complexity index is 747. The summed E-state index contributed by atoms with van der Waals surface area (Å²) in [7, 11) is 1.29. The molecule has 5 nitrogen and oxygen atoms in total. The lowest BCUT2D eigenvalue weighted by atomic mass is 9.67. The summed E-state index contributed by atoms with van der Waals surface area (Å²) in [6, 6.07) is 10.0. The van der Waals surface area contributed by atoms with Crippen molar-refractivity contribution in [3.8, 4) is 0 Å². The van der Waals surface area contributed by atoms with Crippen molar-refractivity contribution in [2.75, 3.05) is 13.7 Å². The van der Waals surface area contributed by atoms with Crippen molar-refractivity contribution in [2.45, 2.75) is 46.5 Å². The molecule has 1 N–H and O–H groups in total. The first-order valence-electron chi connectivity index (χ1n) is 9.43. The number of benzene rings is 1. The topological polar surface area (TPSA) is 76.0 Å². The van der Waals surface area contributed by atoms with E-state index in [1.54, 1.807) is 0 Å². The first-order chi connectivity index (χ1) is 12.8. The molecule has 1 aliphatic carbocycles. The molecule has 2 rings (SSSR count). The smallest absolute Gasteiger partial charge is 0.316 e. The molecule has 0 bridgehead atoms. The molecule has 0 spiro atoms. The Balaban J connectivity index is 2.38. The number of aliphatic hydroxyl groups excluding tert-OH is 1. The number of Topliss-reactive ketones (excluding diaryl/α,β-unsaturated/α-hetero) is 1. The van der Waals surface area contributed by atoms with Gasteiger partial charge in [-0.1, -0.05) is 51.1 Å². The van der Waals surface area contributed by atoms with E-state index in [4.69, 9.17) is 4.74 Å². The molecule has 146 valence electrons. The number of hydrogen-bond donors (Lipinski definition) is 1. The maximum absolute atomic E-state index is 12.7. The Morgan fingerprint density at radius 1 is 1.26 bits per heavy atom. The predicted octanol–water partition coefficient (Wildman–Crippen LogP) is 4.07. The van der Waals surface area contributed by atoms with E-state index in [9.17, 15) is 14.7 Å². The number of rotatable bonds is 7. The number of nitrogens with zero attached hydrogens (tertiary/aromatic N) is 1. The molecule has 0 aromatic heterocycles. The molecule has 0 heterocycles. The van der Waals surface area contributed by atoms with Gasteiger partial charge in [0, 0.05) is 18.7 Å². The van der Waals surface area contributed by atoms with Crippen molar-refractivity contribution in [2.24, 2.45) is 16.3 Å². The fourth-order valence-corrected chi connectivity index (χ4v) is 3.59. The molecular formula is C22H29NO4. The molecule has 0 radical (unpaired) electrons. The summed E-state index contributed by atoms with van der Waals surface area (Å²) < 4.78 is 4.87. The minimum Gasteiger partial charge on any atom is -0.511 e. The largest absolute Gasteiger partial charge is 0.511 e. The van der Waals surface area contributed by atoms with E-state index in [1.807, 2.05) is 51.1 Å². The van der Waals surface area contributed by atoms with Crippen molar-refractivity contribution in [3.63, 3.8) is 0 Å². The van der Waals surface area contributed by atoms with E-state index < -0.39 is 17.3 Å². The van der Waals surface area contributed by atoms with Crippen LogP contribution in [-0.2, 0) is 20.7 Å². The fourth-order valence-electron chi connectivity index (χ4n) is 3.59. The van der Waals surface area contributed by atoms with Crippen LogP contribution >= 0.6 is 0 Å². The van der Waals surface area contributed by atoms with Crippen molar-refractivity contribution in [1.29, 1.82) is 0 Å². The summed E-state index contributed by atoms with van der Waals surface area (Å²) in [5, 5.41) is 10.8. The van der Waals surface area contributed by atoms with Gasteiger partial charge in [0.1, 0.15) is 11.7 Å². The monoisotopic (exact) mass is 371 g/mol. The molecule has 5 heteroatoms. The molecule has 0 amide bonds.